The lowest BCUT2D eigenvalue weighted by atomic mass is 10.1. The Morgan fingerprint density at radius 2 is 1.22 bits per heavy atom. The van der Waals surface area contributed by atoms with Gasteiger partial charge in [-0.1, -0.05) is 0 Å². The summed E-state index contributed by atoms with van der Waals surface area (Å²) in [4.78, 5) is 20.5. The molecule has 2 heterocycles. The van der Waals surface area contributed by atoms with Crippen LogP contribution in [0.4, 0.5) is 0 Å². The zero-order valence-electron chi connectivity index (χ0n) is 9.47. The molecule has 2 atom stereocenters. The minimum absolute atomic E-state index is 0.174. The Morgan fingerprint density at radius 1 is 0.889 bits per heavy atom. The molecule has 0 fully saturated rings. The molecule has 0 bridgehead atoms. The molecule has 94 valence electrons. The van der Waals surface area contributed by atoms with Crippen LogP contribution in [0.3, 0.4) is 0 Å². The normalized spacial score (nSPS) is 26.3. The van der Waals surface area contributed by atoms with Gasteiger partial charge in [0.25, 0.3) is 0 Å². The third-order valence-electron chi connectivity index (χ3n) is 2.56. The van der Waals surface area contributed by atoms with Gasteiger partial charge in [-0.2, -0.15) is 10.2 Å². The summed E-state index contributed by atoms with van der Waals surface area (Å²) in [5.41, 5.74) is -0.936. The zero-order valence-corrected chi connectivity index (χ0v) is 9.47. The summed E-state index contributed by atoms with van der Waals surface area (Å²) in [7, 11) is 0. The molecule has 18 heavy (non-hydrogen) atoms. The van der Waals surface area contributed by atoms with Gasteiger partial charge < -0.3 is 0 Å². The summed E-state index contributed by atoms with van der Waals surface area (Å²) in [6, 6.07) is -1.50. The quantitative estimate of drug-likeness (QED) is 0.557. The predicted octanol–water partition coefficient (Wildman–Crippen LogP) is 1.67. The number of azo groups is 2. The highest BCUT2D eigenvalue weighted by Gasteiger charge is 2.41. The van der Waals surface area contributed by atoms with Crippen molar-refractivity contribution in [2.24, 2.45) is 20.5 Å². The Labute approximate surface area is 100 Å². The standard InChI is InChI=1S/C8H8N6O4/c1-3-7(13(15)16)5(11-9-3)6-8(14(17)18)4(2)10-12-6/h3-4H,1-2H3/t3-,4+. The van der Waals surface area contributed by atoms with Gasteiger partial charge in [-0.05, 0) is 13.8 Å². The first-order chi connectivity index (χ1) is 8.43. The van der Waals surface area contributed by atoms with Crippen molar-refractivity contribution in [3.8, 4) is 0 Å². The number of hydrogen-bond donors (Lipinski definition) is 0. The van der Waals surface area contributed by atoms with Crippen molar-refractivity contribution in [2.45, 2.75) is 25.9 Å². The summed E-state index contributed by atoms with van der Waals surface area (Å²) in [6.45, 7) is 2.97. The highest BCUT2D eigenvalue weighted by atomic mass is 16.6. The SMILES string of the molecule is C[C@@H]1N=NC(C2=C([N+](=O)[O-])[C@@H](C)N=N2)=C1[N+](=O)[O-]. The predicted molar refractivity (Wildman–Crippen MR) is 56.7 cm³/mol. The molecule has 0 spiro atoms. The van der Waals surface area contributed by atoms with Crippen LogP contribution >= 0.6 is 0 Å². The van der Waals surface area contributed by atoms with E-state index in [4.69, 9.17) is 0 Å². The molecule has 0 amide bonds. The minimum atomic E-state index is -0.749. The van der Waals surface area contributed by atoms with Gasteiger partial charge in [0.1, 0.15) is 0 Å². The van der Waals surface area contributed by atoms with Crippen molar-refractivity contribution >= 4 is 0 Å². The maximum atomic E-state index is 10.9. The molecule has 0 radical (unpaired) electrons. The van der Waals surface area contributed by atoms with E-state index < -0.39 is 21.9 Å². The highest BCUT2D eigenvalue weighted by Crippen LogP contribution is 2.34. The second-order valence-corrected chi connectivity index (χ2v) is 3.76. The molecule has 0 aromatic rings. The fraction of sp³-hybridized carbons (Fsp3) is 0.500. The van der Waals surface area contributed by atoms with Gasteiger partial charge in [-0.25, -0.2) is 0 Å². The van der Waals surface area contributed by atoms with Gasteiger partial charge in [0, 0.05) is 0 Å². The zero-order chi connectivity index (χ0) is 13.4. The number of nitrogens with zero attached hydrogens (tertiary/aromatic N) is 6. The summed E-state index contributed by atoms with van der Waals surface area (Å²) in [5, 5.41) is 36.3. The molecule has 2 aliphatic heterocycles. The Kier molecular flexibility index (Phi) is 2.69. The van der Waals surface area contributed by atoms with Crippen molar-refractivity contribution in [1.82, 2.24) is 0 Å². The Balaban J connectivity index is 2.61. The molecule has 0 N–H and O–H groups in total. The van der Waals surface area contributed by atoms with Crippen molar-refractivity contribution in [1.29, 1.82) is 0 Å². The average molecular weight is 252 g/mol. The molecule has 10 nitrogen and oxygen atoms in total. The number of hydrogen-bond acceptors (Lipinski definition) is 8. The van der Waals surface area contributed by atoms with Crippen LogP contribution in [-0.4, -0.2) is 21.9 Å². The summed E-state index contributed by atoms with van der Waals surface area (Å²) in [5.74, 6) is 0. The molecule has 10 heteroatoms. The van der Waals surface area contributed by atoms with Crippen molar-refractivity contribution < 1.29 is 9.85 Å². The van der Waals surface area contributed by atoms with Gasteiger partial charge in [0.15, 0.2) is 23.5 Å². The highest BCUT2D eigenvalue weighted by molar-refractivity contribution is 5.39. The van der Waals surface area contributed by atoms with Crippen molar-refractivity contribution in [2.75, 3.05) is 0 Å². The molecule has 2 aliphatic rings. The second kappa shape index (κ2) is 4.05. The molecule has 2 rings (SSSR count). The van der Waals surface area contributed by atoms with Crippen LogP contribution in [0.25, 0.3) is 0 Å². The van der Waals surface area contributed by atoms with E-state index >= 15 is 0 Å². The largest absolute Gasteiger partial charge is 0.301 e. The van der Waals surface area contributed by atoms with Gasteiger partial charge in [0.2, 0.25) is 0 Å². The third-order valence-corrected chi connectivity index (χ3v) is 2.56. The molecular weight excluding hydrogens is 244 g/mol. The molecule has 0 unspecified atom stereocenters. The number of rotatable bonds is 3. The maximum Gasteiger partial charge on any atom is 0.301 e. The lowest BCUT2D eigenvalue weighted by Gasteiger charge is -1.99. The van der Waals surface area contributed by atoms with Crippen LogP contribution < -0.4 is 0 Å². The summed E-state index contributed by atoms with van der Waals surface area (Å²) >= 11 is 0. The van der Waals surface area contributed by atoms with Crippen molar-refractivity contribution in [3.05, 3.63) is 43.0 Å². The van der Waals surface area contributed by atoms with Crippen LogP contribution in [0.5, 0.6) is 0 Å². The van der Waals surface area contributed by atoms with E-state index in [1.807, 2.05) is 0 Å². The lowest BCUT2D eigenvalue weighted by molar-refractivity contribution is -0.432. The minimum Gasteiger partial charge on any atom is -0.258 e. The van der Waals surface area contributed by atoms with Gasteiger partial charge in [-0.15, -0.1) is 10.2 Å². The molecule has 0 aromatic heterocycles. The molecule has 0 saturated heterocycles. The second-order valence-electron chi connectivity index (χ2n) is 3.76. The average Bonchev–Trinajstić information content (AvgIpc) is 2.81. The summed E-state index contributed by atoms with van der Waals surface area (Å²) in [6.07, 6.45) is 0. The molecule has 0 aromatic carbocycles. The Hall–Kier alpha value is -2.52. The van der Waals surface area contributed by atoms with E-state index in [9.17, 15) is 20.2 Å². The lowest BCUT2D eigenvalue weighted by Crippen LogP contribution is -2.13. The fourth-order valence-corrected chi connectivity index (χ4v) is 1.71. The first kappa shape index (κ1) is 12.0. The van der Waals surface area contributed by atoms with Crippen molar-refractivity contribution in [3.63, 3.8) is 0 Å². The van der Waals surface area contributed by atoms with Crippen LogP contribution in [0.15, 0.2) is 43.2 Å². The Bertz CT molecular complexity index is 510. The summed E-state index contributed by atoms with van der Waals surface area (Å²) < 4.78 is 0. The maximum absolute atomic E-state index is 10.9. The first-order valence-corrected chi connectivity index (χ1v) is 5.02. The number of nitro groups is 2. The molecular formula is C8H8N6O4. The van der Waals surface area contributed by atoms with E-state index in [1.165, 1.54) is 13.8 Å². The van der Waals surface area contributed by atoms with Gasteiger partial charge in [0.05, 0.1) is 9.85 Å². The van der Waals surface area contributed by atoms with E-state index in [2.05, 4.69) is 20.5 Å². The Morgan fingerprint density at radius 3 is 1.50 bits per heavy atom. The van der Waals surface area contributed by atoms with Crippen LogP contribution in [0.1, 0.15) is 13.8 Å². The fourth-order valence-electron chi connectivity index (χ4n) is 1.71. The van der Waals surface area contributed by atoms with Crippen LogP contribution in [0, 0.1) is 20.2 Å². The van der Waals surface area contributed by atoms with E-state index in [-0.39, 0.29) is 22.8 Å². The van der Waals surface area contributed by atoms with Crippen LogP contribution in [0.2, 0.25) is 0 Å². The third kappa shape index (κ3) is 1.67. The van der Waals surface area contributed by atoms with E-state index in [1.54, 1.807) is 0 Å². The monoisotopic (exact) mass is 252 g/mol. The smallest absolute Gasteiger partial charge is 0.258 e. The first-order valence-electron chi connectivity index (χ1n) is 5.02. The van der Waals surface area contributed by atoms with Gasteiger partial charge >= 0.3 is 11.4 Å². The molecule has 0 aliphatic carbocycles. The van der Waals surface area contributed by atoms with Gasteiger partial charge in [-0.3, -0.25) is 20.2 Å². The molecule has 0 saturated carbocycles. The van der Waals surface area contributed by atoms with E-state index in [0.717, 1.165) is 0 Å². The topological polar surface area (TPSA) is 136 Å². The van der Waals surface area contributed by atoms with Crippen LogP contribution in [-0.2, 0) is 0 Å². The van der Waals surface area contributed by atoms with E-state index in [0.29, 0.717) is 0 Å².